The Morgan fingerprint density at radius 1 is 1.38 bits per heavy atom. The molecule has 1 aromatic rings. The van der Waals surface area contributed by atoms with Crippen molar-refractivity contribution in [2.24, 2.45) is 0 Å². The van der Waals surface area contributed by atoms with Crippen LogP contribution in [-0.2, 0) is 4.74 Å². The van der Waals surface area contributed by atoms with E-state index in [1.807, 2.05) is 40.0 Å². The van der Waals surface area contributed by atoms with Crippen LogP contribution in [0.3, 0.4) is 0 Å². The lowest BCUT2D eigenvalue weighted by molar-refractivity contribution is 0.0566. The van der Waals surface area contributed by atoms with Crippen molar-refractivity contribution in [3.05, 3.63) is 23.9 Å². The standard InChI is InChI=1S/C21H35N3O2/c1-7-13-23-14-9-10-18(23)17-11-12-19(22-15-17)24(16(3)8-2)20(25)26-21(4,5)6/h11-12,15-16,18H,7-10,13-14H2,1-6H3. The van der Waals surface area contributed by atoms with Gasteiger partial charge < -0.3 is 4.74 Å². The van der Waals surface area contributed by atoms with Gasteiger partial charge in [-0.15, -0.1) is 0 Å². The number of anilines is 1. The van der Waals surface area contributed by atoms with Crippen LogP contribution in [0.5, 0.6) is 0 Å². The summed E-state index contributed by atoms with van der Waals surface area (Å²) in [4.78, 5) is 21.5. The predicted molar refractivity (Wildman–Crippen MR) is 107 cm³/mol. The van der Waals surface area contributed by atoms with E-state index in [0.29, 0.717) is 11.9 Å². The molecule has 2 unspecified atom stereocenters. The number of rotatable bonds is 6. The van der Waals surface area contributed by atoms with Crippen molar-refractivity contribution in [2.45, 2.75) is 84.9 Å². The van der Waals surface area contributed by atoms with E-state index in [0.717, 1.165) is 19.5 Å². The fourth-order valence-electron chi connectivity index (χ4n) is 3.49. The van der Waals surface area contributed by atoms with Gasteiger partial charge >= 0.3 is 6.09 Å². The molecule has 0 bridgehead atoms. The smallest absolute Gasteiger partial charge is 0.416 e. The second kappa shape index (κ2) is 8.85. The van der Waals surface area contributed by atoms with Gasteiger partial charge in [0, 0.05) is 18.3 Å². The molecule has 1 aromatic heterocycles. The zero-order valence-electron chi connectivity index (χ0n) is 17.3. The van der Waals surface area contributed by atoms with Gasteiger partial charge in [-0.3, -0.25) is 9.80 Å². The van der Waals surface area contributed by atoms with Gasteiger partial charge in [0.1, 0.15) is 11.4 Å². The van der Waals surface area contributed by atoms with Crippen molar-refractivity contribution in [3.63, 3.8) is 0 Å². The monoisotopic (exact) mass is 361 g/mol. The quantitative estimate of drug-likeness (QED) is 0.701. The normalized spacial score (nSPS) is 19.4. The average Bonchev–Trinajstić information content (AvgIpc) is 3.02. The van der Waals surface area contributed by atoms with E-state index in [2.05, 4.69) is 29.8 Å². The molecule has 2 rings (SSSR count). The predicted octanol–water partition coefficient (Wildman–Crippen LogP) is 5.17. The maximum Gasteiger partial charge on any atom is 0.416 e. The maximum atomic E-state index is 12.7. The molecular formula is C21H35N3O2. The highest BCUT2D eigenvalue weighted by Gasteiger charge is 2.29. The first-order valence-electron chi connectivity index (χ1n) is 9.99. The Labute approximate surface area is 158 Å². The van der Waals surface area contributed by atoms with Crippen LogP contribution in [0.4, 0.5) is 10.6 Å². The molecule has 2 atom stereocenters. The molecule has 0 spiro atoms. The summed E-state index contributed by atoms with van der Waals surface area (Å²) >= 11 is 0. The summed E-state index contributed by atoms with van der Waals surface area (Å²) in [7, 11) is 0. The minimum atomic E-state index is -0.521. The Hall–Kier alpha value is -1.62. The number of pyridine rings is 1. The van der Waals surface area contributed by atoms with E-state index in [-0.39, 0.29) is 12.1 Å². The number of likely N-dealkylation sites (tertiary alicyclic amines) is 1. The molecule has 1 fully saturated rings. The Morgan fingerprint density at radius 2 is 2.12 bits per heavy atom. The first-order valence-corrected chi connectivity index (χ1v) is 9.99. The van der Waals surface area contributed by atoms with Gasteiger partial charge in [0.25, 0.3) is 0 Å². The molecule has 146 valence electrons. The van der Waals surface area contributed by atoms with Crippen LogP contribution in [0.1, 0.15) is 78.8 Å². The molecule has 1 aliphatic rings. The fourth-order valence-corrected chi connectivity index (χ4v) is 3.49. The Bertz CT molecular complexity index is 580. The van der Waals surface area contributed by atoms with Gasteiger partial charge in [0.15, 0.2) is 0 Å². The number of ether oxygens (including phenoxy) is 1. The Morgan fingerprint density at radius 3 is 2.65 bits per heavy atom. The second-order valence-corrected chi connectivity index (χ2v) is 8.25. The van der Waals surface area contributed by atoms with E-state index >= 15 is 0 Å². The van der Waals surface area contributed by atoms with Crippen molar-refractivity contribution < 1.29 is 9.53 Å². The summed E-state index contributed by atoms with van der Waals surface area (Å²) in [6, 6.07) is 4.58. The summed E-state index contributed by atoms with van der Waals surface area (Å²) in [5, 5.41) is 0. The topological polar surface area (TPSA) is 45.7 Å². The fraction of sp³-hybridized carbons (Fsp3) is 0.714. The Kier molecular flexibility index (Phi) is 7.04. The lowest BCUT2D eigenvalue weighted by Crippen LogP contribution is -2.42. The highest BCUT2D eigenvalue weighted by molar-refractivity contribution is 5.87. The Balaban J connectivity index is 2.20. The molecule has 0 radical (unpaired) electrons. The van der Waals surface area contributed by atoms with Crippen LogP contribution in [0.25, 0.3) is 0 Å². The average molecular weight is 362 g/mol. The maximum absolute atomic E-state index is 12.7. The number of hydrogen-bond donors (Lipinski definition) is 0. The van der Waals surface area contributed by atoms with Crippen molar-refractivity contribution in [3.8, 4) is 0 Å². The number of aromatic nitrogens is 1. The molecule has 0 saturated carbocycles. The van der Waals surface area contributed by atoms with Crippen LogP contribution in [0, 0.1) is 0 Å². The van der Waals surface area contributed by atoms with E-state index in [9.17, 15) is 4.79 Å². The molecule has 0 aromatic carbocycles. The lowest BCUT2D eigenvalue weighted by atomic mass is 10.1. The van der Waals surface area contributed by atoms with Gasteiger partial charge in [-0.2, -0.15) is 0 Å². The third kappa shape index (κ3) is 5.19. The second-order valence-electron chi connectivity index (χ2n) is 8.25. The summed E-state index contributed by atoms with van der Waals surface area (Å²) < 4.78 is 5.60. The minimum Gasteiger partial charge on any atom is -0.443 e. The van der Waals surface area contributed by atoms with Crippen LogP contribution < -0.4 is 4.90 Å². The van der Waals surface area contributed by atoms with Crippen molar-refractivity contribution in [2.75, 3.05) is 18.0 Å². The summed E-state index contributed by atoms with van der Waals surface area (Å²) in [6.45, 7) is 14.3. The molecule has 2 heterocycles. The first kappa shape index (κ1) is 20.7. The van der Waals surface area contributed by atoms with Gasteiger partial charge in [-0.05, 0) is 78.1 Å². The number of carbonyl (C=O) groups is 1. The van der Waals surface area contributed by atoms with Gasteiger partial charge in [-0.25, -0.2) is 9.78 Å². The molecule has 1 amide bonds. The molecule has 0 N–H and O–H groups in total. The molecule has 26 heavy (non-hydrogen) atoms. The van der Waals surface area contributed by atoms with Gasteiger partial charge in [0.05, 0.1) is 0 Å². The van der Waals surface area contributed by atoms with Crippen molar-refractivity contribution in [1.82, 2.24) is 9.88 Å². The largest absolute Gasteiger partial charge is 0.443 e. The van der Waals surface area contributed by atoms with Crippen LogP contribution in [0.15, 0.2) is 18.3 Å². The van der Waals surface area contributed by atoms with E-state index in [1.54, 1.807) is 4.90 Å². The lowest BCUT2D eigenvalue weighted by Gasteiger charge is -2.31. The van der Waals surface area contributed by atoms with Crippen molar-refractivity contribution >= 4 is 11.9 Å². The highest BCUT2D eigenvalue weighted by atomic mass is 16.6. The molecule has 5 heteroatoms. The first-order chi connectivity index (χ1) is 12.3. The van der Waals surface area contributed by atoms with E-state index in [1.165, 1.54) is 24.8 Å². The summed E-state index contributed by atoms with van der Waals surface area (Å²) in [5.41, 5.74) is 0.723. The summed E-state index contributed by atoms with van der Waals surface area (Å²) in [5.74, 6) is 0.664. The van der Waals surface area contributed by atoms with E-state index < -0.39 is 5.60 Å². The summed E-state index contributed by atoms with van der Waals surface area (Å²) in [6.07, 6.45) is 6.04. The molecular weight excluding hydrogens is 326 g/mol. The van der Waals surface area contributed by atoms with Gasteiger partial charge in [-0.1, -0.05) is 19.9 Å². The third-order valence-corrected chi connectivity index (χ3v) is 4.90. The number of hydrogen-bond acceptors (Lipinski definition) is 4. The van der Waals surface area contributed by atoms with Crippen molar-refractivity contribution in [1.29, 1.82) is 0 Å². The van der Waals surface area contributed by atoms with Crippen LogP contribution >= 0.6 is 0 Å². The highest BCUT2D eigenvalue weighted by Crippen LogP contribution is 2.32. The van der Waals surface area contributed by atoms with E-state index in [4.69, 9.17) is 4.74 Å². The third-order valence-electron chi connectivity index (χ3n) is 4.90. The zero-order chi connectivity index (χ0) is 19.3. The SMILES string of the molecule is CCCN1CCCC1c1ccc(N(C(=O)OC(C)(C)C)C(C)CC)nc1. The minimum absolute atomic E-state index is 0.0336. The molecule has 5 nitrogen and oxygen atoms in total. The number of amides is 1. The molecule has 1 saturated heterocycles. The van der Waals surface area contributed by atoms with Gasteiger partial charge in [0.2, 0.25) is 0 Å². The van der Waals surface area contributed by atoms with Crippen LogP contribution in [-0.4, -0.2) is 40.7 Å². The molecule has 1 aliphatic heterocycles. The number of nitrogens with zero attached hydrogens (tertiary/aromatic N) is 3. The number of carbonyl (C=O) groups excluding carboxylic acids is 1. The van der Waals surface area contributed by atoms with Crippen LogP contribution in [0.2, 0.25) is 0 Å². The molecule has 0 aliphatic carbocycles. The zero-order valence-corrected chi connectivity index (χ0v) is 17.3.